The summed E-state index contributed by atoms with van der Waals surface area (Å²) in [5.41, 5.74) is 9.03. The van der Waals surface area contributed by atoms with Crippen LogP contribution in [0.15, 0.2) is 53.7 Å². The lowest BCUT2D eigenvalue weighted by Gasteiger charge is -2.11. The number of nitrogens with one attached hydrogen (secondary N) is 1. The average molecular weight is 375 g/mol. The van der Waals surface area contributed by atoms with Crippen LogP contribution in [0.4, 0.5) is 5.82 Å². The molecule has 140 valence electrons. The molecule has 0 saturated carbocycles. The summed E-state index contributed by atoms with van der Waals surface area (Å²) in [7, 11) is 1.52. The molecule has 0 radical (unpaired) electrons. The average Bonchev–Trinajstić information content (AvgIpc) is 2.71. The maximum absolute atomic E-state index is 13.1. The van der Waals surface area contributed by atoms with Crippen LogP contribution in [0.5, 0.6) is 0 Å². The molecule has 3 N–H and O–H groups in total. The minimum Gasteiger partial charge on any atom is -0.355 e. The Bertz CT molecular complexity index is 1280. The Kier molecular flexibility index (Phi) is 4.23. The summed E-state index contributed by atoms with van der Waals surface area (Å²) in [6, 6.07) is 8.90. The quantitative estimate of drug-likeness (QED) is 0.407. The van der Waals surface area contributed by atoms with Crippen molar-refractivity contribution in [1.29, 1.82) is 0 Å². The first-order chi connectivity index (χ1) is 13.5. The van der Waals surface area contributed by atoms with E-state index in [1.54, 1.807) is 29.2 Å². The number of carbonyl (C=O) groups excluding carboxylic acids is 1. The monoisotopic (exact) mass is 375 g/mol. The number of aryl methyl sites for hydroxylation is 1. The number of anilines is 1. The van der Waals surface area contributed by atoms with E-state index in [0.717, 1.165) is 11.1 Å². The van der Waals surface area contributed by atoms with Gasteiger partial charge in [-0.25, -0.2) is 4.57 Å². The lowest BCUT2D eigenvalue weighted by molar-refractivity contribution is -0.649. The maximum Gasteiger partial charge on any atom is 0.278 e. The van der Waals surface area contributed by atoms with Gasteiger partial charge in [0.1, 0.15) is 10.9 Å². The topological polar surface area (TPSA) is 106 Å². The summed E-state index contributed by atoms with van der Waals surface area (Å²) >= 11 is 0. The zero-order valence-corrected chi connectivity index (χ0v) is 15.5. The standard InChI is InChI=1S/C20H18N6O2/c1-12-5-6-16-24-18-15(20(28)25(16)10-12)8-14(19(27)22-2)17(21)26(18)11-13-4-3-7-23-9-13/h3-10,21H,11H2,1-2H3,(H,22,27)/p+1. The number of fused-ring (bicyclic) bond motifs is 2. The van der Waals surface area contributed by atoms with E-state index >= 15 is 0 Å². The van der Waals surface area contributed by atoms with Gasteiger partial charge in [-0.15, -0.1) is 0 Å². The maximum atomic E-state index is 13.1. The Morgan fingerprint density at radius 2 is 2.14 bits per heavy atom. The van der Waals surface area contributed by atoms with Gasteiger partial charge in [-0.3, -0.25) is 19.0 Å². The molecule has 8 heteroatoms. The Morgan fingerprint density at radius 1 is 1.32 bits per heavy atom. The number of nitrogens with zero attached hydrogens (tertiary/aromatic N) is 4. The molecule has 8 nitrogen and oxygen atoms in total. The highest BCUT2D eigenvalue weighted by molar-refractivity contribution is 6.00. The number of amides is 1. The van der Waals surface area contributed by atoms with Crippen molar-refractivity contribution in [2.75, 3.05) is 12.8 Å². The van der Waals surface area contributed by atoms with Crippen LogP contribution in [-0.4, -0.2) is 27.3 Å². The molecule has 0 saturated heterocycles. The largest absolute Gasteiger partial charge is 0.355 e. The Labute approximate surface area is 160 Å². The van der Waals surface area contributed by atoms with Gasteiger partial charge >= 0.3 is 0 Å². The highest BCUT2D eigenvalue weighted by Gasteiger charge is 2.24. The van der Waals surface area contributed by atoms with Gasteiger partial charge in [-0.2, -0.15) is 0 Å². The van der Waals surface area contributed by atoms with Crippen LogP contribution in [0.3, 0.4) is 0 Å². The molecular formula is C20H19N6O2+. The van der Waals surface area contributed by atoms with E-state index in [1.165, 1.54) is 17.5 Å². The van der Waals surface area contributed by atoms with E-state index in [1.807, 2.05) is 25.1 Å². The Morgan fingerprint density at radius 3 is 2.86 bits per heavy atom. The van der Waals surface area contributed by atoms with Gasteiger partial charge < -0.3 is 11.1 Å². The van der Waals surface area contributed by atoms with Crippen LogP contribution in [0.1, 0.15) is 21.5 Å². The molecule has 4 aromatic heterocycles. The van der Waals surface area contributed by atoms with Crippen LogP contribution >= 0.6 is 0 Å². The third-order valence-electron chi connectivity index (χ3n) is 4.63. The third kappa shape index (κ3) is 2.84. The molecule has 0 aliphatic heterocycles. The molecule has 4 heterocycles. The number of hydrogen-bond donors (Lipinski definition) is 2. The zero-order chi connectivity index (χ0) is 19.8. The number of hydrogen-bond acceptors (Lipinski definition) is 5. The van der Waals surface area contributed by atoms with Gasteiger partial charge in [0.05, 0.1) is 6.54 Å². The number of nitrogens with two attached hydrogens (primary N) is 1. The lowest BCUT2D eigenvalue weighted by atomic mass is 10.1. The van der Waals surface area contributed by atoms with Crippen LogP contribution < -0.4 is 21.2 Å². The van der Waals surface area contributed by atoms with Gasteiger partial charge in [-0.1, -0.05) is 17.1 Å². The van der Waals surface area contributed by atoms with Crippen molar-refractivity contribution in [2.45, 2.75) is 13.5 Å². The summed E-state index contributed by atoms with van der Waals surface area (Å²) in [5, 5.41) is 2.89. The Hall–Kier alpha value is -3.81. The third-order valence-corrected chi connectivity index (χ3v) is 4.63. The molecule has 4 rings (SSSR count). The molecule has 0 unspecified atom stereocenters. The first kappa shape index (κ1) is 17.6. The number of nitrogen functional groups attached to an aromatic ring is 1. The summed E-state index contributed by atoms with van der Waals surface area (Å²) in [6.07, 6.45) is 5.12. The fourth-order valence-corrected chi connectivity index (χ4v) is 3.21. The molecule has 1 amide bonds. The molecule has 0 aromatic carbocycles. The Balaban J connectivity index is 2.10. The molecule has 0 atom stereocenters. The first-order valence-corrected chi connectivity index (χ1v) is 8.75. The second-order valence-electron chi connectivity index (χ2n) is 6.56. The molecule has 0 spiro atoms. The molecule has 0 aliphatic carbocycles. The second kappa shape index (κ2) is 6.73. The fraction of sp³-hybridized carbons (Fsp3) is 0.150. The molecule has 0 bridgehead atoms. The minimum absolute atomic E-state index is 0.227. The summed E-state index contributed by atoms with van der Waals surface area (Å²) in [6.45, 7) is 2.23. The zero-order valence-electron chi connectivity index (χ0n) is 15.5. The van der Waals surface area contributed by atoms with Crippen LogP contribution in [0.2, 0.25) is 0 Å². The van der Waals surface area contributed by atoms with Crippen molar-refractivity contribution in [1.82, 2.24) is 19.7 Å². The second-order valence-corrected chi connectivity index (χ2v) is 6.56. The molecular weight excluding hydrogens is 356 g/mol. The van der Waals surface area contributed by atoms with Crippen molar-refractivity contribution in [3.63, 3.8) is 0 Å². The smallest absolute Gasteiger partial charge is 0.278 e. The van der Waals surface area contributed by atoms with Crippen LogP contribution in [0.25, 0.3) is 16.7 Å². The van der Waals surface area contributed by atoms with E-state index in [2.05, 4.69) is 15.3 Å². The van der Waals surface area contributed by atoms with Crippen molar-refractivity contribution in [3.8, 4) is 0 Å². The van der Waals surface area contributed by atoms with E-state index < -0.39 is 0 Å². The molecule has 0 fully saturated rings. The van der Waals surface area contributed by atoms with Crippen molar-refractivity contribution in [3.05, 3.63) is 76.0 Å². The van der Waals surface area contributed by atoms with E-state index in [0.29, 0.717) is 23.2 Å². The van der Waals surface area contributed by atoms with E-state index in [9.17, 15) is 9.59 Å². The summed E-state index contributed by atoms with van der Waals surface area (Å²) < 4.78 is 3.16. The van der Waals surface area contributed by atoms with Crippen molar-refractivity contribution in [2.24, 2.45) is 0 Å². The molecule has 28 heavy (non-hydrogen) atoms. The van der Waals surface area contributed by atoms with Crippen LogP contribution in [-0.2, 0) is 6.54 Å². The van der Waals surface area contributed by atoms with Gasteiger partial charge in [0.15, 0.2) is 0 Å². The predicted molar refractivity (Wildman–Crippen MR) is 105 cm³/mol. The van der Waals surface area contributed by atoms with Gasteiger partial charge in [0.2, 0.25) is 11.5 Å². The van der Waals surface area contributed by atoms with Crippen LogP contribution in [0, 0.1) is 6.92 Å². The normalized spacial score (nSPS) is 11.1. The number of aromatic nitrogens is 4. The lowest BCUT2D eigenvalue weighted by Crippen LogP contribution is -2.43. The summed E-state index contributed by atoms with van der Waals surface area (Å²) in [4.78, 5) is 34.3. The SMILES string of the molecule is CNC(=O)c1cc2c(=O)n3cc(C)ccc3nc2[n+](Cc2cccnc2)c1N. The minimum atomic E-state index is -0.368. The van der Waals surface area contributed by atoms with Gasteiger partial charge in [0.25, 0.3) is 17.1 Å². The fourth-order valence-electron chi connectivity index (χ4n) is 3.21. The van der Waals surface area contributed by atoms with Gasteiger partial charge in [-0.05, 0) is 30.7 Å². The number of pyridine rings is 3. The van der Waals surface area contributed by atoms with Crippen molar-refractivity contribution >= 4 is 28.4 Å². The predicted octanol–water partition coefficient (Wildman–Crippen LogP) is 0.829. The highest BCUT2D eigenvalue weighted by Crippen LogP contribution is 2.15. The number of rotatable bonds is 3. The first-order valence-electron chi connectivity index (χ1n) is 8.75. The molecule has 0 aliphatic rings. The van der Waals surface area contributed by atoms with Gasteiger partial charge in [0, 0.05) is 31.2 Å². The number of carbonyl (C=O) groups is 1. The van der Waals surface area contributed by atoms with Crippen molar-refractivity contribution < 1.29 is 9.36 Å². The van der Waals surface area contributed by atoms with E-state index in [4.69, 9.17) is 5.73 Å². The summed E-state index contributed by atoms with van der Waals surface area (Å²) in [5.74, 6) is -0.132. The molecule has 4 aromatic rings. The highest BCUT2D eigenvalue weighted by atomic mass is 16.1. The van der Waals surface area contributed by atoms with E-state index in [-0.39, 0.29) is 22.8 Å².